The highest BCUT2D eigenvalue weighted by Crippen LogP contribution is 2.17. The predicted octanol–water partition coefficient (Wildman–Crippen LogP) is 3.22. The third-order valence-corrected chi connectivity index (χ3v) is 5.88. The molecular weight excluding hydrogens is 365 g/mol. The molecule has 0 fully saturated rings. The van der Waals surface area contributed by atoms with Gasteiger partial charge >= 0.3 is 0 Å². The summed E-state index contributed by atoms with van der Waals surface area (Å²) in [5, 5.41) is 6.39. The van der Waals surface area contributed by atoms with E-state index in [2.05, 4.69) is 15.6 Å². The Morgan fingerprint density at radius 2 is 1.81 bits per heavy atom. The molecule has 2 aromatic carbocycles. The standard InChI is InChI=1S/C20H26FN3O2S/c1-4-22-20(24-16(3)17-10-6-5-9-15(17)2)23-13-14-27(25,26)19-12-8-7-11-18(19)21/h5-12,16H,4,13-14H2,1-3H3,(H2,22,23,24). The summed E-state index contributed by atoms with van der Waals surface area (Å²) in [5.74, 6) is -0.472. The number of aryl methyl sites for hydroxylation is 1. The zero-order valence-electron chi connectivity index (χ0n) is 15.9. The molecule has 0 heterocycles. The Morgan fingerprint density at radius 1 is 1.15 bits per heavy atom. The molecule has 7 heteroatoms. The summed E-state index contributed by atoms with van der Waals surface area (Å²) in [4.78, 5) is 4.06. The van der Waals surface area contributed by atoms with Crippen LogP contribution in [0.4, 0.5) is 4.39 Å². The number of nitrogens with zero attached hydrogens (tertiary/aromatic N) is 1. The van der Waals surface area contributed by atoms with E-state index < -0.39 is 15.7 Å². The molecule has 0 radical (unpaired) electrons. The first-order valence-electron chi connectivity index (χ1n) is 8.93. The molecular formula is C20H26FN3O2S. The van der Waals surface area contributed by atoms with Crippen LogP contribution in [0.15, 0.2) is 58.4 Å². The average Bonchev–Trinajstić information content (AvgIpc) is 2.62. The third-order valence-electron chi connectivity index (χ3n) is 4.15. The van der Waals surface area contributed by atoms with Crippen molar-refractivity contribution in [3.05, 3.63) is 65.5 Å². The molecule has 27 heavy (non-hydrogen) atoms. The molecule has 5 nitrogen and oxygen atoms in total. The van der Waals surface area contributed by atoms with Gasteiger partial charge in [0, 0.05) is 6.54 Å². The van der Waals surface area contributed by atoms with Crippen LogP contribution in [0.25, 0.3) is 0 Å². The molecule has 1 atom stereocenters. The number of benzene rings is 2. The van der Waals surface area contributed by atoms with E-state index >= 15 is 0 Å². The maximum Gasteiger partial charge on any atom is 0.191 e. The molecule has 0 spiro atoms. The number of nitrogens with one attached hydrogen (secondary N) is 2. The lowest BCUT2D eigenvalue weighted by Crippen LogP contribution is -2.39. The number of sulfone groups is 1. The van der Waals surface area contributed by atoms with Gasteiger partial charge in [0.1, 0.15) is 10.7 Å². The molecule has 0 saturated heterocycles. The van der Waals surface area contributed by atoms with Crippen LogP contribution >= 0.6 is 0 Å². The van der Waals surface area contributed by atoms with E-state index in [-0.39, 0.29) is 23.2 Å². The molecule has 0 aliphatic heterocycles. The molecule has 2 aromatic rings. The van der Waals surface area contributed by atoms with E-state index in [0.717, 1.165) is 17.2 Å². The van der Waals surface area contributed by atoms with Crippen LogP contribution in [-0.4, -0.2) is 33.2 Å². The van der Waals surface area contributed by atoms with Crippen LogP contribution in [0.5, 0.6) is 0 Å². The van der Waals surface area contributed by atoms with Gasteiger partial charge in [0.15, 0.2) is 15.8 Å². The van der Waals surface area contributed by atoms with Crippen molar-refractivity contribution >= 4 is 15.8 Å². The van der Waals surface area contributed by atoms with Gasteiger partial charge in [0.2, 0.25) is 0 Å². The molecule has 0 aliphatic rings. The van der Waals surface area contributed by atoms with Gasteiger partial charge in [0.25, 0.3) is 0 Å². The Kier molecular flexibility index (Phi) is 7.36. The number of hydrogen-bond donors (Lipinski definition) is 2. The summed E-state index contributed by atoms with van der Waals surface area (Å²) < 4.78 is 38.4. The first-order chi connectivity index (χ1) is 12.8. The maximum atomic E-state index is 13.7. The van der Waals surface area contributed by atoms with Crippen LogP contribution < -0.4 is 10.6 Å². The Hall–Kier alpha value is -2.41. The first-order valence-corrected chi connectivity index (χ1v) is 10.6. The summed E-state index contributed by atoms with van der Waals surface area (Å²) in [6.45, 7) is 6.68. The fourth-order valence-corrected chi connectivity index (χ4v) is 3.96. The van der Waals surface area contributed by atoms with Crippen molar-refractivity contribution in [1.29, 1.82) is 0 Å². The Morgan fingerprint density at radius 3 is 2.48 bits per heavy atom. The first kappa shape index (κ1) is 20.9. The second-order valence-corrected chi connectivity index (χ2v) is 8.31. The average molecular weight is 392 g/mol. The maximum absolute atomic E-state index is 13.7. The third kappa shape index (κ3) is 5.79. The van der Waals surface area contributed by atoms with Crippen LogP contribution in [0.2, 0.25) is 0 Å². The lowest BCUT2D eigenvalue weighted by atomic mass is 10.0. The van der Waals surface area contributed by atoms with Crippen molar-refractivity contribution in [2.75, 3.05) is 18.8 Å². The molecule has 0 aromatic heterocycles. The van der Waals surface area contributed by atoms with E-state index in [4.69, 9.17) is 0 Å². The molecule has 0 saturated carbocycles. The smallest absolute Gasteiger partial charge is 0.191 e. The fourth-order valence-electron chi connectivity index (χ4n) is 2.76. The zero-order chi connectivity index (χ0) is 19.9. The van der Waals surface area contributed by atoms with E-state index in [1.807, 2.05) is 45.0 Å². The summed E-state index contributed by atoms with van der Waals surface area (Å²) in [6.07, 6.45) is 0. The van der Waals surface area contributed by atoms with Gasteiger partial charge in [-0.2, -0.15) is 0 Å². The van der Waals surface area contributed by atoms with E-state index in [9.17, 15) is 12.8 Å². The summed E-state index contributed by atoms with van der Waals surface area (Å²) in [7, 11) is -3.73. The zero-order valence-corrected chi connectivity index (χ0v) is 16.7. The van der Waals surface area contributed by atoms with Gasteiger partial charge in [-0.1, -0.05) is 36.4 Å². The highest BCUT2D eigenvalue weighted by molar-refractivity contribution is 7.91. The van der Waals surface area contributed by atoms with Gasteiger partial charge < -0.3 is 10.6 Å². The highest BCUT2D eigenvalue weighted by atomic mass is 32.2. The van der Waals surface area contributed by atoms with Gasteiger partial charge in [-0.25, -0.2) is 12.8 Å². The van der Waals surface area contributed by atoms with E-state index in [1.165, 1.54) is 18.2 Å². The fraction of sp³-hybridized carbons (Fsp3) is 0.350. The quantitative estimate of drug-likeness (QED) is 0.562. The van der Waals surface area contributed by atoms with Crippen LogP contribution in [0, 0.1) is 12.7 Å². The molecule has 1 unspecified atom stereocenters. The molecule has 146 valence electrons. The van der Waals surface area contributed by atoms with Crippen molar-refractivity contribution in [2.24, 2.45) is 4.99 Å². The Bertz CT molecular complexity index is 898. The van der Waals surface area contributed by atoms with Crippen LogP contribution in [-0.2, 0) is 9.84 Å². The topological polar surface area (TPSA) is 70.6 Å². The van der Waals surface area contributed by atoms with Crippen molar-refractivity contribution in [1.82, 2.24) is 10.6 Å². The van der Waals surface area contributed by atoms with Crippen molar-refractivity contribution in [3.63, 3.8) is 0 Å². The molecule has 0 bridgehead atoms. The van der Waals surface area contributed by atoms with Crippen molar-refractivity contribution in [3.8, 4) is 0 Å². The van der Waals surface area contributed by atoms with E-state index in [1.54, 1.807) is 0 Å². The summed E-state index contributed by atoms with van der Waals surface area (Å²) in [5.41, 5.74) is 2.30. The molecule has 0 aliphatic carbocycles. The van der Waals surface area contributed by atoms with Crippen molar-refractivity contribution in [2.45, 2.75) is 31.7 Å². The van der Waals surface area contributed by atoms with Crippen molar-refractivity contribution < 1.29 is 12.8 Å². The minimum absolute atomic E-state index is 0.00664. The van der Waals surface area contributed by atoms with Gasteiger partial charge in [-0.3, -0.25) is 4.99 Å². The number of guanidine groups is 1. The number of rotatable bonds is 7. The Labute approximate surface area is 160 Å². The predicted molar refractivity (Wildman–Crippen MR) is 107 cm³/mol. The molecule has 0 amide bonds. The van der Waals surface area contributed by atoms with Gasteiger partial charge in [0.05, 0.1) is 18.3 Å². The highest BCUT2D eigenvalue weighted by Gasteiger charge is 2.18. The SMILES string of the molecule is CCNC(=NCCS(=O)(=O)c1ccccc1F)NC(C)c1ccccc1C. The lowest BCUT2D eigenvalue weighted by molar-refractivity contribution is 0.567. The minimum atomic E-state index is -3.73. The second-order valence-electron chi connectivity index (χ2n) is 6.23. The van der Waals surface area contributed by atoms with Crippen LogP contribution in [0.1, 0.15) is 31.0 Å². The number of hydrogen-bond acceptors (Lipinski definition) is 3. The van der Waals surface area contributed by atoms with Gasteiger partial charge in [-0.15, -0.1) is 0 Å². The second kappa shape index (κ2) is 9.50. The largest absolute Gasteiger partial charge is 0.357 e. The lowest BCUT2D eigenvalue weighted by Gasteiger charge is -2.19. The number of halogens is 1. The van der Waals surface area contributed by atoms with E-state index in [0.29, 0.717) is 12.5 Å². The number of aliphatic imine (C=N–C) groups is 1. The van der Waals surface area contributed by atoms with Gasteiger partial charge in [-0.05, 0) is 44.0 Å². The molecule has 2 N–H and O–H groups in total. The normalized spacial score (nSPS) is 13.3. The monoisotopic (exact) mass is 391 g/mol. The Balaban J connectivity index is 2.07. The summed E-state index contributed by atoms with van der Waals surface area (Å²) >= 11 is 0. The molecule has 2 rings (SSSR count). The minimum Gasteiger partial charge on any atom is -0.357 e. The summed E-state index contributed by atoms with van der Waals surface area (Å²) in [6, 6.07) is 13.4. The van der Waals surface area contributed by atoms with Crippen LogP contribution in [0.3, 0.4) is 0 Å².